The van der Waals surface area contributed by atoms with E-state index in [0.29, 0.717) is 37.6 Å². The molecule has 6 nitrogen and oxygen atoms in total. The number of rotatable bonds is 8. The Hall–Kier alpha value is -2.93. The first kappa shape index (κ1) is 26.1. The lowest BCUT2D eigenvalue weighted by atomic mass is 9.97. The summed E-state index contributed by atoms with van der Waals surface area (Å²) in [5, 5.41) is 0. The van der Waals surface area contributed by atoms with E-state index in [1.54, 1.807) is 18.7 Å². The molecule has 1 amide bonds. The second-order valence-corrected chi connectivity index (χ2v) is 10.5. The molecular formula is C29H37FN2O4. The Morgan fingerprint density at radius 3 is 2.14 bits per heavy atom. The summed E-state index contributed by atoms with van der Waals surface area (Å²) in [5.74, 6) is 0.826. The van der Waals surface area contributed by atoms with E-state index >= 15 is 0 Å². The number of ether oxygens (including phenoxy) is 2. The van der Waals surface area contributed by atoms with Crippen LogP contribution in [0.15, 0.2) is 48.5 Å². The highest BCUT2D eigenvalue weighted by molar-refractivity contribution is 5.97. The van der Waals surface area contributed by atoms with Crippen molar-refractivity contribution in [1.82, 2.24) is 9.80 Å². The maximum Gasteiger partial charge on any atom is 0.328 e. The number of carbonyl (C=O) groups is 2. The van der Waals surface area contributed by atoms with Crippen molar-refractivity contribution in [1.29, 1.82) is 0 Å². The van der Waals surface area contributed by atoms with Gasteiger partial charge in [-0.2, -0.15) is 0 Å². The summed E-state index contributed by atoms with van der Waals surface area (Å²) in [6, 6.07) is 15.0. The Kier molecular flexibility index (Phi) is 8.29. The minimum atomic E-state index is -1.15. The van der Waals surface area contributed by atoms with E-state index < -0.39 is 11.7 Å². The first-order valence-electron chi connectivity index (χ1n) is 12.9. The second kappa shape index (κ2) is 11.4. The van der Waals surface area contributed by atoms with E-state index in [4.69, 9.17) is 9.47 Å². The topological polar surface area (TPSA) is 59.1 Å². The lowest BCUT2D eigenvalue weighted by molar-refractivity contribution is -0.145. The molecule has 0 bridgehead atoms. The van der Waals surface area contributed by atoms with E-state index in [1.165, 1.54) is 7.11 Å². The summed E-state index contributed by atoms with van der Waals surface area (Å²) >= 11 is 0. The van der Waals surface area contributed by atoms with Crippen molar-refractivity contribution < 1.29 is 23.5 Å². The number of nitrogens with zero attached hydrogens (tertiary/aromatic N) is 2. The zero-order chi connectivity index (χ0) is 25.7. The highest BCUT2D eigenvalue weighted by atomic mass is 19.1. The van der Waals surface area contributed by atoms with E-state index in [1.807, 2.05) is 48.5 Å². The van der Waals surface area contributed by atoms with Gasteiger partial charge >= 0.3 is 5.97 Å². The van der Waals surface area contributed by atoms with Gasteiger partial charge in [0.25, 0.3) is 5.91 Å². The molecule has 2 aliphatic rings. The van der Waals surface area contributed by atoms with Crippen LogP contribution in [0.1, 0.15) is 49.9 Å². The highest BCUT2D eigenvalue weighted by Crippen LogP contribution is 2.26. The number of halogens is 1. The van der Waals surface area contributed by atoms with E-state index in [9.17, 15) is 14.0 Å². The zero-order valence-corrected chi connectivity index (χ0v) is 21.5. The molecule has 2 aliphatic heterocycles. The molecule has 2 heterocycles. The number of esters is 1. The fraction of sp³-hybridized carbons (Fsp3) is 0.517. The molecule has 194 valence electrons. The van der Waals surface area contributed by atoms with Gasteiger partial charge in [0.15, 0.2) is 0 Å². The third-order valence-corrected chi connectivity index (χ3v) is 7.10. The molecule has 36 heavy (non-hydrogen) atoms. The quantitative estimate of drug-likeness (QED) is 0.483. The van der Waals surface area contributed by atoms with Crippen LogP contribution in [0.25, 0.3) is 11.1 Å². The lowest BCUT2D eigenvalue weighted by Gasteiger charge is -2.34. The molecule has 0 spiro atoms. The Bertz CT molecular complexity index is 1020. The first-order chi connectivity index (χ1) is 17.2. The lowest BCUT2D eigenvalue weighted by Crippen LogP contribution is -2.41. The Morgan fingerprint density at radius 1 is 0.944 bits per heavy atom. The number of alkyl halides is 1. The number of hydrogen-bond acceptors (Lipinski definition) is 5. The molecule has 0 radical (unpaired) electrons. The summed E-state index contributed by atoms with van der Waals surface area (Å²) < 4.78 is 24.8. The Labute approximate surface area is 213 Å². The van der Waals surface area contributed by atoms with Gasteiger partial charge in [0.2, 0.25) is 0 Å². The molecule has 0 unspecified atom stereocenters. The summed E-state index contributed by atoms with van der Waals surface area (Å²) in [5.41, 5.74) is 1.46. The summed E-state index contributed by atoms with van der Waals surface area (Å²) in [6.45, 7) is 6.83. The SMILES string of the molecule is COC(=O)[C@@H]1CCCN1C(=O)c1ccc(-c2ccc(OCC3CCN(CC(C)(C)F)CC3)cc2)cc1. The largest absolute Gasteiger partial charge is 0.493 e. The second-order valence-electron chi connectivity index (χ2n) is 10.5. The van der Waals surface area contributed by atoms with Gasteiger partial charge < -0.3 is 19.3 Å². The average molecular weight is 497 g/mol. The molecule has 4 rings (SSSR count). The molecule has 7 heteroatoms. The van der Waals surface area contributed by atoms with Gasteiger partial charge in [-0.3, -0.25) is 4.79 Å². The monoisotopic (exact) mass is 496 g/mol. The molecule has 0 N–H and O–H groups in total. The van der Waals surface area contributed by atoms with Gasteiger partial charge in [-0.25, -0.2) is 9.18 Å². The minimum Gasteiger partial charge on any atom is -0.493 e. The van der Waals surface area contributed by atoms with Crippen LogP contribution in [-0.4, -0.2) is 73.3 Å². The van der Waals surface area contributed by atoms with Crippen LogP contribution in [0.4, 0.5) is 4.39 Å². The smallest absolute Gasteiger partial charge is 0.328 e. The van der Waals surface area contributed by atoms with Crippen LogP contribution in [0.3, 0.4) is 0 Å². The summed E-state index contributed by atoms with van der Waals surface area (Å²) in [7, 11) is 1.36. The molecular weight excluding hydrogens is 459 g/mol. The predicted octanol–water partition coefficient (Wildman–Crippen LogP) is 4.97. The molecule has 2 saturated heterocycles. The fourth-order valence-electron chi connectivity index (χ4n) is 5.16. The Morgan fingerprint density at radius 2 is 1.56 bits per heavy atom. The van der Waals surface area contributed by atoms with Gasteiger partial charge in [0, 0.05) is 18.7 Å². The van der Waals surface area contributed by atoms with Crippen LogP contribution in [0.2, 0.25) is 0 Å². The molecule has 1 atom stereocenters. The molecule has 0 aliphatic carbocycles. The maximum absolute atomic E-state index is 13.9. The average Bonchev–Trinajstić information content (AvgIpc) is 3.37. The van der Waals surface area contributed by atoms with Gasteiger partial charge in [0.1, 0.15) is 17.5 Å². The van der Waals surface area contributed by atoms with E-state index in [0.717, 1.165) is 49.2 Å². The van der Waals surface area contributed by atoms with Gasteiger partial charge in [-0.15, -0.1) is 0 Å². The molecule has 2 fully saturated rings. The van der Waals surface area contributed by atoms with Crippen LogP contribution >= 0.6 is 0 Å². The van der Waals surface area contributed by atoms with Gasteiger partial charge in [-0.05, 0) is 93.9 Å². The van der Waals surface area contributed by atoms with Crippen molar-refractivity contribution in [2.24, 2.45) is 5.92 Å². The summed E-state index contributed by atoms with van der Waals surface area (Å²) in [4.78, 5) is 28.7. The fourth-order valence-corrected chi connectivity index (χ4v) is 5.16. The van der Waals surface area contributed by atoms with Crippen molar-refractivity contribution >= 4 is 11.9 Å². The Balaban J connectivity index is 1.28. The first-order valence-corrected chi connectivity index (χ1v) is 12.9. The molecule has 0 saturated carbocycles. The third kappa shape index (κ3) is 6.64. The number of amides is 1. The predicted molar refractivity (Wildman–Crippen MR) is 138 cm³/mol. The number of hydrogen-bond donors (Lipinski definition) is 0. The standard InChI is InChI=1S/C29H37FN2O4/c1-29(2,30)20-31-17-14-21(15-18-31)19-36-25-12-10-23(11-13-25)22-6-8-24(9-7-22)27(33)32-16-4-5-26(32)28(34)35-3/h6-13,21,26H,4-5,14-20H2,1-3H3/t26-/m0/s1. The van der Waals surface area contributed by atoms with Gasteiger partial charge in [-0.1, -0.05) is 24.3 Å². The number of benzene rings is 2. The zero-order valence-electron chi connectivity index (χ0n) is 21.5. The normalized spacial score (nSPS) is 19.3. The van der Waals surface area contributed by atoms with Crippen molar-refractivity contribution in [3.63, 3.8) is 0 Å². The molecule has 2 aromatic carbocycles. The number of carbonyl (C=O) groups excluding carboxylic acids is 2. The number of methoxy groups -OCH3 is 1. The molecule has 0 aromatic heterocycles. The highest BCUT2D eigenvalue weighted by Gasteiger charge is 2.35. The van der Waals surface area contributed by atoms with Crippen molar-refractivity contribution in [3.05, 3.63) is 54.1 Å². The minimum absolute atomic E-state index is 0.141. The van der Waals surface area contributed by atoms with Crippen LogP contribution in [-0.2, 0) is 9.53 Å². The van der Waals surface area contributed by atoms with Gasteiger partial charge in [0.05, 0.1) is 13.7 Å². The number of likely N-dealkylation sites (tertiary alicyclic amines) is 2. The third-order valence-electron chi connectivity index (χ3n) is 7.10. The maximum atomic E-state index is 13.9. The van der Waals surface area contributed by atoms with E-state index in [-0.39, 0.29) is 11.9 Å². The summed E-state index contributed by atoms with van der Waals surface area (Å²) in [6.07, 6.45) is 3.49. The molecule has 2 aromatic rings. The van der Waals surface area contributed by atoms with Crippen LogP contribution in [0.5, 0.6) is 5.75 Å². The van der Waals surface area contributed by atoms with E-state index in [2.05, 4.69) is 4.90 Å². The van der Waals surface area contributed by atoms with Crippen molar-refractivity contribution in [2.75, 3.05) is 39.9 Å². The van der Waals surface area contributed by atoms with Crippen LogP contribution < -0.4 is 4.74 Å². The number of piperidine rings is 1. The van der Waals surface area contributed by atoms with Crippen LogP contribution in [0, 0.1) is 5.92 Å². The van der Waals surface area contributed by atoms with Crippen molar-refractivity contribution in [2.45, 2.75) is 51.2 Å². The van der Waals surface area contributed by atoms with Crippen molar-refractivity contribution in [3.8, 4) is 16.9 Å².